The van der Waals surface area contributed by atoms with E-state index in [1.165, 1.54) is 11.3 Å². The summed E-state index contributed by atoms with van der Waals surface area (Å²) in [5, 5.41) is 6.87. The molecule has 4 heterocycles. The Morgan fingerprint density at radius 3 is 2.49 bits per heavy atom. The Kier molecular flexibility index (Phi) is 6.68. The van der Waals surface area contributed by atoms with Crippen LogP contribution in [0.1, 0.15) is 31.0 Å². The second-order valence-electron chi connectivity index (χ2n) is 8.90. The fourth-order valence-electron chi connectivity index (χ4n) is 4.69. The van der Waals surface area contributed by atoms with Gasteiger partial charge in [-0.25, -0.2) is 14.5 Å². The van der Waals surface area contributed by atoms with Gasteiger partial charge in [-0.1, -0.05) is 65.9 Å². The van der Waals surface area contributed by atoms with E-state index >= 15 is 0 Å². The van der Waals surface area contributed by atoms with Gasteiger partial charge in [-0.05, 0) is 49.1 Å². The number of thiophene rings is 1. The van der Waals surface area contributed by atoms with Crippen molar-refractivity contribution in [3.63, 3.8) is 0 Å². The number of benzene rings is 2. The minimum atomic E-state index is -0.632. The number of aromatic nitrogens is 3. The molecule has 3 aromatic heterocycles. The number of rotatable bonds is 6. The first-order valence-electron chi connectivity index (χ1n) is 12.5. The van der Waals surface area contributed by atoms with E-state index in [1.54, 1.807) is 29.8 Å². The summed E-state index contributed by atoms with van der Waals surface area (Å²) in [7, 11) is 0. The highest BCUT2D eigenvalue weighted by molar-refractivity contribution is 7.13. The number of esters is 1. The van der Waals surface area contributed by atoms with Crippen LogP contribution in [0.2, 0.25) is 0 Å². The highest BCUT2D eigenvalue weighted by atomic mass is 32.1. The van der Waals surface area contributed by atoms with E-state index in [-0.39, 0.29) is 12.2 Å². The van der Waals surface area contributed by atoms with Gasteiger partial charge in [0.1, 0.15) is 5.69 Å². The third-order valence-electron chi connectivity index (χ3n) is 6.44. The Balaban J connectivity index is 1.55. The molecule has 1 unspecified atom stereocenters. The smallest absolute Gasteiger partial charge is 0.338 e. The number of ether oxygens (including phenoxy) is 1. The number of allylic oxidation sites excluding steroid dienone is 1. The molecule has 0 N–H and O–H groups in total. The van der Waals surface area contributed by atoms with E-state index in [1.807, 2.05) is 95.1 Å². The first kappa shape index (κ1) is 25.0. The highest BCUT2D eigenvalue weighted by Crippen LogP contribution is 2.31. The van der Waals surface area contributed by atoms with Gasteiger partial charge in [0.15, 0.2) is 4.80 Å². The van der Waals surface area contributed by atoms with Gasteiger partial charge in [0.25, 0.3) is 5.56 Å². The average Bonchev–Trinajstić information content (AvgIpc) is 3.69. The number of hydrogen-bond donors (Lipinski definition) is 0. The SMILES string of the molecule is CCOC(=O)C1=C(C)N=c2s/c(=C\c3cn(-c4ccccc4)nc3-c3cccs3)c(=O)n2C1c1ccccc1. The zero-order valence-electron chi connectivity index (χ0n) is 21.3. The van der Waals surface area contributed by atoms with Crippen molar-refractivity contribution in [3.8, 4) is 16.3 Å². The van der Waals surface area contributed by atoms with Crippen LogP contribution in [0.4, 0.5) is 0 Å². The number of nitrogens with zero attached hydrogens (tertiary/aromatic N) is 4. The summed E-state index contributed by atoms with van der Waals surface area (Å²) < 4.78 is 9.32. The van der Waals surface area contributed by atoms with E-state index in [9.17, 15) is 9.59 Å². The van der Waals surface area contributed by atoms with Gasteiger partial charge in [-0.15, -0.1) is 11.3 Å². The molecule has 0 amide bonds. The van der Waals surface area contributed by atoms with E-state index in [0.29, 0.717) is 20.6 Å². The topological polar surface area (TPSA) is 78.5 Å². The summed E-state index contributed by atoms with van der Waals surface area (Å²) >= 11 is 2.90. The van der Waals surface area contributed by atoms with Gasteiger partial charge >= 0.3 is 5.97 Å². The van der Waals surface area contributed by atoms with Crippen LogP contribution in [-0.2, 0) is 9.53 Å². The summed E-state index contributed by atoms with van der Waals surface area (Å²) in [4.78, 5) is 33.3. The predicted molar refractivity (Wildman–Crippen MR) is 154 cm³/mol. The molecule has 1 aliphatic heterocycles. The summed E-state index contributed by atoms with van der Waals surface area (Å²) in [6.07, 6.45) is 3.81. The van der Waals surface area contributed by atoms with Crippen molar-refractivity contribution in [2.45, 2.75) is 19.9 Å². The zero-order valence-corrected chi connectivity index (χ0v) is 22.9. The molecule has 0 spiro atoms. The van der Waals surface area contributed by atoms with Crippen molar-refractivity contribution in [2.24, 2.45) is 4.99 Å². The summed E-state index contributed by atoms with van der Waals surface area (Å²) in [5.41, 5.74) is 4.07. The van der Waals surface area contributed by atoms with E-state index in [0.717, 1.165) is 27.4 Å². The first-order chi connectivity index (χ1) is 19.0. The Hall–Kier alpha value is -4.34. The number of carbonyl (C=O) groups is 1. The van der Waals surface area contributed by atoms with E-state index in [4.69, 9.17) is 9.84 Å². The predicted octanol–water partition coefficient (Wildman–Crippen LogP) is 4.71. The second-order valence-corrected chi connectivity index (χ2v) is 10.9. The number of para-hydroxylation sites is 1. The molecule has 7 nitrogen and oxygen atoms in total. The van der Waals surface area contributed by atoms with Crippen molar-refractivity contribution in [2.75, 3.05) is 6.61 Å². The average molecular weight is 553 g/mol. The fourth-order valence-corrected chi connectivity index (χ4v) is 6.46. The number of hydrogen-bond acceptors (Lipinski definition) is 7. The molecule has 0 fully saturated rings. The number of thiazole rings is 1. The lowest BCUT2D eigenvalue weighted by Gasteiger charge is -2.24. The lowest BCUT2D eigenvalue weighted by molar-refractivity contribution is -0.139. The van der Waals surface area contributed by atoms with Crippen LogP contribution in [0.5, 0.6) is 0 Å². The lowest BCUT2D eigenvalue weighted by Crippen LogP contribution is -2.39. The van der Waals surface area contributed by atoms with Crippen LogP contribution in [0.3, 0.4) is 0 Å². The summed E-state index contributed by atoms with van der Waals surface area (Å²) in [6.45, 7) is 3.79. The maximum atomic E-state index is 14.0. The number of carbonyl (C=O) groups excluding carboxylic acids is 1. The summed E-state index contributed by atoms with van der Waals surface area (Å²) in [5.74, 6) is -0.467. The maximum absolute atomic E-state index is 14.0. The molecule has 194 valence electrons. The molecule has 9 heteroatoms. The van der Waals surface area contributed by atoms with Crippen molar-refractivity contribution in [3.05, 3.63) is 126 Å². The molecular weight excluding hydrogens is 528 g/mol. The van der Waals surface area contributed by atoms with Crippen molar-refractivity contribution >= 4 is 34.7 Å². The maximum Gasteiger partial charge on any atom is 0.338 e. The minimum absolute atomic E-state index is 0.216. The van der Waals surface area contributed by atoms with Gasteiger partial charge in [0, 0.05) is 11.8 Å². The molecule has 0 saturated carbocycles. The van der Waals surface area contributed by atoms with Crippen LogP contribution >= 0.6 is 22.7 Å². The number of fused-ring (bicyclic) bond motifs is 1. The lowest BCUT2D eigenvalue weighted by atomic mass is 9.96. The molecule has 5 aromatic rings. The molecule has 0 radical (unpaired) electrons. The molecule has 0 aliphatic carbocycles. The van der Waals surface area contributed by atoms with E-state index in [2.05, 4.69) is 4.99 Å². The Morgan fingerprint density at radius 2 is 1.79 bits per heavy atom. The van der Waals surface area contributed by atoms with Crippen molar-refractivity contribution in [1.29, 1.82) is 0 Å². The zero-order chi connectivity index (χ0) is 26.9. The third-order valence-corrected chi connectivity index (χ3v) is 8.30. The quantitative estimate of drug-likeness (QED) is 0.286. The van der Waals surface area contributed by atoms with Gasteiger partial charge < -0.3 is 4.74 Å². The molecular formula is C30H24N4O3S2. The van der Waals surface area contributed by atoms with Crippen LogP contribution in [-0.4, -0.2) is 26.9 Å². The molecule has 6 rings (SSSR count). The fraction of sp³-hybridized carbons (Fsp3) is 0.133. The molecule has 0 bridgehead atoms. The normalized spacial score (nSPS) is 15.2. The van der Waals surface area contributed by atoms with E-state index < -0.39 is 12.0 Å². The molecule has 2 aromatic carbocycles. The van der Waals surface area contributed by atoms with Crippen molar-refractivity contribution in [1.82, 2.24) is 14.3 Å². The van der Waals surface area contributed by atoms with Crippen LogP contribution in [0.15, 0.2) is 105 Å². The Bertz CT molecular complexity index is 1870. The molecule has 1 aliphatic rings. The standard InChI is InChI=1S/C30H24N4O3S2/c1-3-37-29(36)25-19(2)31-30-34(27(25)20-11-6-4-7-12-20)28(35)24(39-30)17-21-18-33(22-13-8-5-9-14-22)32-26(21)23-15-10-16-38-23/h4-18,27H,3H2,1-2H3/b24-17-. The second kappa shape index (κ2) is 10.4. The van der Waals surface area contributed by atoms with Gasteiger partial charge in [0.2, 0.25) is 0 Å². The monoisotopic (exact) mass is 552 g/mol. The third kappa shape index (κ3) is 4.60. The van der Waals surface area contributed by atoms with Gasteiger partial charge in [0.05, 0.1) is 39.0 Å². The Morgan fingerprint density at radius 1 is 1.05 bits per heavy atom. The molecule has 0 saturated heterocycles. The van der Waals surface area contributed by atoms with Gasteiger partial charge in [-0.2, -0.15) is 5.10 Å². The Labute approximate surface area is 232 Å². The minimum Gasteiger partial charge on any atom is -0.463 e. The summed E-state index contributed by atoms with van der Waals surface area (Å²) in [6, 6.07) is 22.8. The molecule has 1 atom stereocenters. The van der Waals surface area contributed by atoms with Crippen LogP contribution < -0.4 is 14.9 Å². The molecule has 39 heavy (non-hydrogen) atoms. The largest absolute Gasteiger partial charge is 0.463 e. The first-order valence-corrected chi connectivity index (χ1v) is 14.2. The van der Waals surface area contributed by atoms with Crippen LogP contribution in [0.25, 0.3) is 22.3 Å². The van der Waals surface area contributed by atoms with Gasteiger partial charge in [-0.3, -0.25) is 9.36 Å². The highest BCUT2D eigenvalue weighted by Gasteiger charge is 2.33. The van der Waals surface area contributed by atoms with Crippen molar-refractivity contribution < 1.29 is 9.53 Å². The van der Waals surface area contributed by atoms with Crippen LogP contribution in [0, 0.1) is 0 Å².